The van der Waals surface area contributed by atoms with E-state index in [4.69, 9.17) is 4.74 Å². The van der Waals surface area contributed by atoms with Gasteiger partial charge < -0.3 is 4.74 Å². The van der Waals surface area contributed by atoms with Crippen LogP contribution < -0.4 is 4.72 Å². The summed E-state index contributed by atoms with van der Waals surface area (Å²) in [7, 11) is -3.20. The number of nitrogens with one attached hydrogen (secondary N) is 1. The molecule has 1 aliphatic heterocycles. The van der Waals surface area contributed by atoms with Crippen molar-refractivity contribution in [1.82, 2.24) is 9.62 Å². The summed E-state index contributed by atoms with van der Waals surface area (Å²) in [5.74, 6) is 0. The highest BCUT2D eigenvalue weighted by molar-refractivity contribution is 7.90. The number of sulfonamides is 1. The molecule has 6 heteroatoms. The van der Waals surface area contributed by atoms with Crippen LogP contribution in [0.4, 0.5) is 0 Å². The molecule has 2 rings (SSSR count). The van der Waals surface area contributed by atoms with Gasteiger partial charge in [0.05, 0.1) is 18.5 Å². The van der Waals surface area contributed by atoms with Gasteiger partial charge in [-0.05, 0) is 25.0 Å². The summed E-state index contributed by atoms with van der Waals surface area (Å²) >= 11 is 0. The minimum absolute atomic E-state index is 0.346. The number of morpholine rings is 1. The summed E-state index contributed by atoms with van der Waals surface area (Å²) < 4.78 is 31.4. The van der Waals surface area contributed by atoms with E-state index in [2.05, 4.69) is 21.8 Å². The van der Waals surface area contributed by atoms with Gasteiger partial charge in [-0.1, -0.05) is 24.3 Å². The molecule has 5 nitrogen and oxygen atoms in total. The lowest BCUT2D eigenvalue weighted by Crippen LogP contribution is -2.35. The maximum Gasteiger partial charge on any atom is 0.214 e. The summed E-state index contributed by atoms with van der Waals surface area (Å²) in [5.41, 5.74) is 2.22. The average molecular weight is 312 g/mol. The Labute approximate surface area is 127 Å². The Morgan fingerprint density at radius 2 is 1.71 bits per heavy atom. The summed E-state index contributed by atoms with van der Waals surface area (Å²) in [6.45, 7) is 8.15. The molecule has 0 radical (unpaired) electrons. The number of hydrogen-bond donors (Lipinski definition) is 1. The molecule has 1 aromatic carbocycles. The topological polar surface area (TPSA) is 58.6 Å². The lowest BCUT2D eigenvalue weighted by atomic mass is 10.1. The van der Waals surface area contributed by atoms with Crippen LogP contribution in [0.1, 0.15) is 25.0 Å². The molecule has 0 aromatic heterocycles. The zero-order valence-electron chi connectivity index (χ0n) is 12.7. The van der Waals surface area contributed by atoms with Gasteiger partial charge in [-0.25, -0.2) is 13.1 Å². The molecule has 1 N–H and O–H groups in total. The van der Waals surface area contributed by atoms with Gasteiger partial charge in [0, 0.05) is 26.2 Å². The molecule has 21 heavy (non-hydrogen) atoms. The van der Waals surface area contributed by atoms with E-state index in [1.807, 2.05) is 12.1 Å². The fourth-order valence-electron chi connectivity index (χ4n) is 2.13. The third kappa shape index (κ3) is 5.07. The van der Waals surface area contributed by atoms with Gasteiger partial charge in [0.25, 0.3) is 0 Å². The molecule has 0 bridgehead atoms. The van der Waals surface area contributed by atoms with Crippen molar-refractivity contribution in [3.8, 4) is 0 Å². The van der Waals surface area contributed by atoms with Crippen molar-refractivity contribution in [2.45, 2.75) is 32.2 Å². The second kappa shape index (κ2) is 7.35. The fraction of sp³-hybridized carbons (Fsp3) is 0.600. The van der Waals surface area contributed by atoms with Gasteiger partial charge in [0.2, 0.25) is 10.0 Å². The van der Waals surface area contributed by atoms with Crippen molar-refractivity contribution in [2.24, 2.45) is 0 Å². The zero-order chi connectivity index (χ0) is 15.3. The molecule has 1 heterocycles. The highest BCUT2D eigenvalue weighted by Crippen LogP contribution is 2.10. The van der Waals surface area contributed by atoms with Crippen LogP contribution >= 0.6 is 0 Å². The largest absolute Gasteiger partial charge is 0.379 e. The Hall–Kier alpha value is -0.950. The molecule has 1 aliphatic rings. The van der Waals surface area contributed by atoms with E-state index in [1.165, 1.54) is 5.56 Å². The molecular weight excluding hydrogens is 288 g/mol. The van der Waals surface area contributed by atoms with Crippen molar-refractivity contribution in [3.05, 3.63) is 35.4 Å². The Morgan fingerprint density at radius 1 is 1.14 bits per heavy atom. The SMILES string of the molecule is CC(C)S(=O)(=O)NCc1ccc(CN2CCOCC2)cc1. The first-order valence-electron chi connectivity index (χ1n) is 7.34. The maximum atomic E-state index is 11.7. The Bertz CT molecular complexity index is 535. The van der Waals surface area contributed by atoms with Gasteiger partial charge >= 0.3 is 0 Å². The van der Waals surface area contributed by atoms with Crippen molar-refractivity contribution in [2.75, 3.05) is 26.3 Å². The van der Waals surface area contributed by atoms with Crippen LogP contribution in [0.15, 0.2) is 24.3 Å². The number of hydrogen-bond acceptors (Lipinski definition) is 4. The molecule has 0 unspecified atom stereocenters. The molecule has 0 atom stereocenters. The van der Waals surface area contributed by atoms with Gasteiger partial charge in [-0.3, -0.25) is 4.90 Å². The Balaban J connectivity index is 1.87. The summed E-state index contributed by atoms with van der Waals surface area (Å²) in [4.78, 5) is 2.36. The third-order valence-electron chi connectivity index (χ3n) is 3.63. The predicted octanol–water partition coefficient (Wildman–Crippen LogP) is 1.35. The van der Waals surface area contributed by atoms with Crippen molar-refractivity contribution in [1.29, 1.82) is 0 Å². The number of nitrogens with zero attached hydrogens (tertiary/aromatic N) is 1. The summed E-state index contributed by atoms with van der Waals surface area (Å²) in [6, 6.07) is 8.10. The third-order valence-corrected chi connectivity index (χ3v) is 5.42. The second-order valence-corrected chi connectivity index (χ2v) is 7.94. The summed E-state index contributed by atoms with van der Waals surface area (Å²) in [6.07, 6.45) is 0. The average Bonchev–Trinajstić information content (AvgIpc) is 2.47. The van der Waals surface area contributed by atoms with Crippen molar-refractivity contribution >= 4 is 10.0 Å². The molecule has 1 fully saturated rings. The van der Waals surface area contributed by atoms with Crippen LogP contribution in [-0.4, -0.2) is 44.9 Å². The van der Waals surface area contributed by atoms with E-state index in [0.29, 0.717) is 6.54 Å². The van der Waals surface area contributed by atoms with Crippen molar-refractivity contribution in [3.63, 3.8) is 0 Å². The molecule has 0 spiro atoms. The monoisotopic (exact) mass is 312 g/mol. The quantitative estimate of drug-likeness (QED) is 0.861. The minimum Gasteiger partial charge on any atom is -0.379 e. The number of rotatable bonds is 6. The van der Waals surface area contributed by atoms with Gasteiger partial charge in [0.15, 0.2) is 0 Å². The van der Waals surface area contributed by atoms with Crippen LogP contribution in [0.3, 0.4) is 0 Å². The molecular formula is C15H24N2O3S. The van der Waals surface area contributed by atoms with E-state index in [-0.39, 0.29) is 0 Å². The molecule has 0 aliphatic carbocycles. The normalized spacial score (nSPS) is 17.3. The van der Waals surface area contributed by atoms with Gasteiger partial charge in [0.1, 0.15) is 0 Å². The molecule has 1 saturated heterocycles. The van der Waals surface area contributed by atoms with E-state index >= 15 is 0 Å². The second-order valence-electron chi connectivity index (χ2n) is 5.62. The first-order chi connectivity index (χ1) is 9.97. The fourth-order valence-corrected chi connectivity index (χ4v) is 2.83. The standard InChI is InChI=1S/C15H24N2O3S/c1-13(2)21(18,19)16-11-14-3-5-15(6-4-14)12-17-7-9-20-10-8-17/h3-6,13,16H,7-12H2,1-2H3. The van der Waals surface area contributed by atoms with Gasteiger partial charge in [-0.15, -0.1) is 0 Å². The van der Waals surface area contributed by atoms with E-state index in [0.717, 1.165) is 38.4 Å². The van der Waals surface area contributed by atoms with Crippen LogP contribution in [0.25, 0.3) is 0 Å². The van der Waals surface area contributed by atoms with E-state index in [1.54, 1.807) is 13.8 Å². The zero-order valence-corrected chi connectivity index (χ0v) is 13.5. The molecule has 118 valence electrons. The first-order valence-corrected chi connectivity index (χ1v) is 8.88. The predicted molar refractivity (Wildman–Crippen MR) is 83.4 cm³/mol. The smallest absolute Gasteiger partial charge is 0.214 e. The highest BCUT2D eigenvalue weighted by Gasteiger charge is 2.15. The maximum absolute atomic E-state index is 11.7. The Kier molecular flexibility index (Phi) is 5.75. The molecule has 0 amide bonds. The number of ether oxygens (including phenoxy) is 1. The minimum atomic E-state index is -3.20. The summed E-state index contributed by atoms with van der Waals surface area (Å²) in [5, 5.41) is -0.405. The van der Waals surface area contributed by atoms with Crippen LogP contribution in [0.2, 0.25) is 0 Å². The molecule has 0 saturated carbocycles. The van der Waals surface area contributed by atoms with Crippen LogP contribution in [-0.2, 0) is 27.8 Å². The Morgan fingerprint density at radius 3 is 2.29 bits per heavy atom. The number of benzene rings is 1. The lowest BCUT2D eigenvalue weighted by Gasteiger charge is -2.26. The molecule has 1 aromatic rings. The first kappa shape index (κ1) is 16.4. The van der Waals surface area contributed by atoms with Gasteiger partial charge in [-0.2, -0.15) is 0 Å². The van der Waals surface area contributed by atoms with Crippen LogP contribution in [0, 0.1) is 0 Å². The van der Waals surface area contributed by atoms with E-state index in [9.17, 15) is 8.42 Å². The van der Waals surface area contributed by atoms with Crippen LogP contribution in [0.5, 0.6) is 0 Å². The lowest BCUT2D eigenvalue weighted by molar-refractivity contribution is 0.0342. The van der Waals surface area contributed by atoms with E-state index < -0.39 is 15.3 Å². The van der Waals surface area contributed by atoms with Crippen molar-refractivity contribution < 1.29 is 13.2 Å². The highest BCUT2D eigenvalue weighted by atomic mass is 32.2.